The van der Waals surface area contributed by atoms with Gasteiger partial charge in [0.2, 0.25) is 0 Å². The lowest BCUT2D eigenvalue weighted by Gasteiger charge is -2.50. The van der Waals surface area contributed by atoms with E-state index in [1.807, 2.05) is 0 Å². The monoisotopic (exact) mass is 1180 g/mol. The summed E-state index contributed by atoms with van der Waals surface area (Å²) in [6.45, 7) is -2.07. The molecule has 0 radical (unpaired) electrons. The molecule has 24 atom stereocenters. The molecule has 0 bridgehead atoms. The minimum absolute atomic E-state index is 0.00669. The number of carbonyl (C=O) groups excluding carboxylic acids is 3. The lowest BCUT2D eigenvalue weighted by Crippen LogP contribution is -2.66. The Hall–Kier alpha value is -3.44. The molecule has 0 amide bonds. The standard InChI is InChI=1S/C54H82O28/c55-26-8-1-23(2-9-26)5-13-39(62)73-20-35-42(65)46(69)49(72)53(80-35)82-51-47(70)44(67)37(21-74-40(63)14-6-24-3-10-27(56)11-4-24)81-54(51)78-34-18-29-32(76-50(34)25-7-12-30(58)31(59)15-25)16-28(57)17-33(29)77-52-48(71)45(68)43(66)36(79-52)22-75-41(64)19-38(60)61/h5-6,13-14,23-37,42-59,65-72H,1-4,7-12,15-22H2,(H,60,61)/p+1. The van der Waals surface area contributed by atoms with Crippen LogP contribution in [0, 0.1) is 23.7 Å². The van der Waals surface area contributed by atoms with E-state index in [1.165, 1.54) is 12.2 Å². The van der Waals surface area contributed by atoms with Crippen molar-refractivity contribution < 1.29 is 138 Å². The van der Waals surface area contributed by atoms with Crippen LogP contribution in [0.5, 0.6) is 0 Å². The van der Waals surface area contributed by atoms with Crippen LogP contribution in [0.1, 0.15) is 96.3 Å². The van der Waals surface area contributed by atoms with E-state index in [2.05, 4.69) is 0 Å². The van der Waals surface area contributed by atoms with E-state index in [9.17, 15) is 85.6 Å². The van der Waals surface area contributed by atoms with Gasteiger partial charge in [-0.2, -0.15) is 0 Å². The van der Waals surface area contributed by atoms with E-state index < -0.39 is 209 Å². The molecule has 8 fully saturated rings. The molecule has 4 heterocycles. The number of aliphatic hydroxyl groups is 15. The van der Waals surface area contributed by atoms with Crippen molar-refractivity contribution in [2.75, 3.05) is 19.8 Å². The smallest absolute Gasteiger partial charge is 0.330 e. The van der Waals surface area contributed by atoms with Crippen LogP contribution < -0.4 is 0 Å². The number of carbonyl (C=O) groups is 4. The first-order chi connectivity index (χ1) is 39.0. The van der Waals surface area contributed by atoms with Crippen molar-refractivity contribution in [3.8, 4) is 0 Å². The Morgan fingerprint density at radius 2 is 0.951 bits per heavy atom. The molecular formula is C54H83O28+. The lowest BCUT2D eigenvalue weighted by atomic mass is 9.72. The number of carboxylic acids is 1. The fourth-order valence-corrected chi connectivity index (χ4v) is 12.6. The largest absolute Gasteiger partial charge is 0.481 e. The third-order valence-corrected chi connectivity index (χ3v) is 17.4. The van der Waals surface area contributed by atoms with Crippen molar-refractivity contribution in [3.63, 3.8) is 0 Å². The molecule has 15 N–H and O–H groups in total. The van der Waals surface area contributed by atoms with Gasteiger partial charge in [-0.15, -0.1) is 0 Å². The van der Waals surface area contributed by atoms with Crippen molar-refractivity contribution in [1.29, 1.82) is 0 Å². The van der Waals surface area contributed by atoms with Crippen LogP contribution >= 0.6 is 0 Å². The Bertz CT molecular complexity index is 2140. The summed E-state index contributed by atoms with van der Waals surface area (Å²) in [6.07, 6.45) is -25.7. The molecule has 82 heavy (non-hydrogen) atoms. The number of hydrogen-bond acceptors (Lipinski definition) is 26. The average molecular weight is 1180 g/mol. The maximum Gasteiger partial charge on any atom is 0.330 e. The SMILES string of the molecule is O=C(O)CC(=O)OCC1OC(OC2CC(O)CC3[OH+]C(C4CCC(O)C(O)C4)C(OC4OC(COC(=O)C=CC5CCC(O)CC5)C(O)C(O)C4OC4OC(COC(=O)C=CC5CCC(O)CC5)C(O)C(O)C4O)CC23)C(O)C(O)C1O. The number of allylic oxidation sites excluding steroid dienone is 2. The predicted octanol–water partition coefficient (Wildman–Crippen LogP) is -4.52. The molecule has 466 valence electrons. The average Bonchev–Trinajstić information content (AvgIpc) is 2.58. The van der Waals surface area contributed by atoms with Crippen LogP contribution in [0.25, 0.3) is 0 Å². The second-order valence-electron chi connectivity index (χ2n) is 23.3. The number of aliphatic hydroxyl groups excluding tert-OH is 13. The van der Waals surface area contributed by atoms with Crippen LogP contribution in [-0.2, 0) is 61.8 Å². The fourth-order valence-electron chi connectivity index (χ4n) is 12.6. The van der Waals surface area contributed by atoms with Gasteiger partial charge in [0.1, 0.15) is 106 Å². The molecule has 4 aliphatic heterocycles. The number of carboxylic acid groups (broad SMARTS) is 1. The summed E-state index contributed by atoms with van der Waals surface area (Å²) in [4.78, 5) is 49.1. The number of esters is 3. The van der Waals surface area contributed by atoms with Gasteiger partial charge in [0.15, 0.2) is 31.1 Å². The molecule has 8 aliphatic rings. The topological polar surface area (TPSA) is 447 Å². The van der Waals surface area contributed by atoms with Crippen LogP contribution in [0.4, 0.5) is 0 Å². The summed E-state index contributed by atoms with van der Waals surface area (Å²) in [7, 11) is 0. The summed E-state index contributed by atoms with van der Waals surface area (Å²) < 4.78 is 58.3. The van der Waals surface area contributed by atoms with E-state index in [-0.39, 0.29) is 43.9 Å². The lowest BCUT2D eigenvalue weighted by molar-refractivity contribution is -0.390. The molecule has 8 rings (SSSR count). The normalized spacial score (nSPS) is 45.7. The molecule has 0 aromatic rings. The van der Waals surface area contributed by atoms with E-state index in [0.717, 1.165) is 0 Å². The molecule has 4 aliphatic carbocycles. The van der Waals surface area contributed by atoms with Gasteiger partial charge in [-0.25, -0.2) is 9.59 Å². The van der Waals surface area contributed by atoms with Crippen LogP contribution in [-0.4, -0.2) is 267 Å². The highest BCUT2D eigenvalue weighted by molar-refractivity contribution is 5.90. The maximum absolute atomic E-state index is 13.1. The minimum Gasteiger partial charge on any atom is -0.481 e. The molecule has 4 saturated carbocycles. The summed E-state index contributed by atoms with van der Waals surface area (Å²) in [5.41, 5.74) is 0. The molecule has 4 saturated heterocycles. The third-order valence-electron chi connectivity index (χ3n) is 17.4. The molecule has 0 aromatic carbocycles. The van der Waals surface area contributed by atoms with E-state index in [0.29, 0.717) is 57.8 Å². The number of ether oxygens (including phenoxy) is 10. The molecule has 24 unspecified atom stereocenters. The van der Waals surface area contributed by atoms with Crippen molar-refractivity contribution in [2.45, 2.75) is 243 Å². The summed E-state index contributed by atoms with van der Waals surface area (Å²) in [5.74, 6) is -5.58. The Kier molecular flexibility index (Phi) is 23.1. The first kappa shape index (κ1) is 64.6. The van der Waals surface area contributed by atoms with Crippen LogP contribution in [0.3, 0.4) is 0 Å². The number of fused-ring (bicyclic) bond motifs is 1. The first-order valence-electron chi connectivity index (χ1n) is 28.6. The Balaban J connectivity index is 1.04. The van der Waals surface area contributed by atoms with Gasteiger partial charge in [-0.1, -0.05) is 12.2 Å². The molecular weight excluding hydrogens is 1100 g/mol. The highest BCUT2D eigenvalue weighted by Crippen LogP contribution is 2.44. The van der Waals surface area contributed by atoms with Gasteiger partial charge in [0.05, 0.1) is 42.5 Å². The van der Waals surface area contributed by atoms with E-state index in [4.69, 9.17) is 52.5 Å². The zero-order valence-corrected chi connectivity index (χ0v) is 45.2. The minimum atomic E-state index is -2.06. The molecule has 28 heteroatoms. The van der Waals surface area contributed by atoms with Gasteiger partial charge in [0, 0.05) is 30.9 Å². The van der Waals surface area contributed by atoms with Crippen molar-refractivity contribution in [3.05, 3.63) is 24.3 Å². The van der Waals surface area contributed by atoms with E-state index in [1.54, 1.807) is 12.2 Å². The Labute approximate surface area is 472 Å². The van der Waals surface area contributed by atoms with Gasteiger partial charge in [0.25, 0.3) is 0 Å². The van der Waals surface area contributed by atoms with Crippen LogP contribution in [0.15, 0.2) is 24.3 Å². The fraction of sp³-hybridized carbons (Fsp3) is 0.852. The van der Waals surface area contributed by atoms with Gasteiger partial charge in [-0.05, 0) is 88.9 Å². The summed E-state index contributed by atoms with van der Waals surface area (Å²) in [6, 6.07) is 0. The number of aliphatic carboxylic acids is 1. The molecule has 0 spiro atoms. The highest BCUT2D eigenvalue weighted by atomic mass is 16.8. The Morgan fingerprint density at radius 3 is 1.48 bits per heavy atom. The zero-order valence-electron chi connectivity index (χ0n) is 45.2. The number of rotatable bonds is 19. The summed E-state index contributed by atoms with van der Waals surface area (Å²) >= 11 is 0. The van der Waals surface area contributed by atoms with Crippen molar-refractivity contribution in [2.24, 2.45) is 23.7 Å². The quantitative estimate of drug-likeness (QED) is 0.0191. The number of hydrogen-bond donors (Lipinski definition) is 14. The predicted molar refractivity (Wildman–Crippen MR) is 270 cm³/mol. The van der Waals surface area contributed by atoms with Crippen LogP contribution in [0.2, 0.25) is 0 Å². The summed E-state index contributed by atoms with van der Waals surface area (Å²) in [5, 5.41) is 152. The van der Waals surface area contributed by atoms with E-state index >= 15 is 0 Å². The van der Waals surface area contributed by atoms with Crippen molar-refractivity contribution >= 4 is 23.9 Å². The zero-order chi connectivity index (χ0) is 59.1. The van der Waals surface area contributed by atoms with Gasteiger partial charge < -0.3 is 119 Å². The van der Waals surface area contributed by atoms with Gasteiger partial charge in [-0.3, -0.25) is 9.59 Å². The highest BCUT2D eigenvalue weighted by Gasteiger charge is 2.58. The van der Waals surface area contributed by atoms with Gasteiger partial charge >= 0.3 is 23.9 Å². The van der Waals surface area contributed by atoms with Crippen molar-refractivity contribution in [1.82, 2.24) is 0 Å². The second-order valence-corrected chi connectivity index (χ2v) is 23.3. The molecule has 0 aromatic heterocycles. The Morgan fingerprint density at radius 1 is 0.463 bits per heavy atom. The third kappa shape index (κ3) is 16.5. The second kappa shape index (κ2) is 29.3. The molecule has 28 nitrogen and oxygen atoms in total. The first-order valence-corrected chi connectivity index (χ1v) is 28.6. The maximum atomic E-state index is 13.1.